The van der Waals surface area contributed by atoms with Crippen molar-refractivity contribution in [2.24, 2.45) is 0 Å². The molecule has 2 N–H and O–H groups in total. The number of aryl methyl sites for hydroxylation is 1. The second-order valence-electron chi connectivity index (χ2n) is 7.23. The molecule has 1 aliphatic rings. The van der Waals surface area contributed by atoms with Crippen molar-refractivity contribution in [3.8, 4) is 0 Å². The van der Waals surface area contributed by atoms with Crippen LogP contribution in [0.5, 0.6) is 0 Å². The minimum Gasteiger partial charge on any atom is -0.449 e. The number of rotatable bonds is 6. The molecule has 0 unspecified atom stereocenters. The molecule has 10 heteroatoms. The largest absolute Gasteiger partial charge is 0.449 e. The van der Waals surface area contributed by atoms with Gasteiger partial charge in [0.1, 0.15) is 0 Å². The molecule has 3 amide bonds. The number of imide groups is 1. The summed E-state index contributed by atoms with van der Waals surface area (Å²) < 4.78 is 32.8. The molecule has 1 heterocycles. The lowest BCUT2D eigenvalue weighted by molar-refractivity contribution is -0.127. The van der Waals surface area contributed by atoms with Crippen LogP contribution in [0.3, 0.4) is 0 Å². The van der Waals surface area contributed by atoms with Gasteiger partial charge in [-0.25, -0.2) is 18.0 Å². The monoisotopic (exact) mass is 459 g/mol. The van der Waals surface area contributed by atoms with Gasteiger partial charge in [-0.15, -0.1) is 0 Å². The summed E-state index contributed by atoms with van der Waals surface area (Å²) in [6.45, 7) is 3.74. The Kier molecular flexibility index (Phi) is 7.14. The second kappa shape index (κ2) is 9.82. The molecule has 170 valence electrons. The van der Waals surface area contributed by atoms with E-state index < -0.39 is 34.0 Å². The second-order valence-corrected chi connectivity index (χ2v) is 9.09. The highest BCUT2D eigenvalue weighted by Crippen LogP contribution is 2.31. The van der Waals surface area contributed by atoms with Gasteiger partial charge in [-0.1, -0.05) is 18.2 Å². The van der Waals surface area contributed by atoms with E-state index in [1.807, 2.05) is 12.1 Å². The lowest BCUT2D eigenvalue weighted by atomic mass is 10.0. The molecule has 0 fully saturated rings. The number of ether oxygens (including phenoxy) is 1. The maximum absolute atomic E-state index is 13.2. The number of hydrogen-bond donors (Lipinski definition) is 2. The summed E-state index contributed by atoms with van der Waals surface area (Å²) in [5, 5.41) is 4.46. The molecular weight excluding hydrogens is 434 g/mol. The molecule has 0 bridgehead atoms. The van der Waals surface area contributed by atoms with Crippen LogP contribution in [0, 0.1) is 0 Å². The van der Waals surface area contributed by atoms with Crippen LogP contribution in [0.25, 0.3) is 0 Å². The molecule has 2 aromatic rings. The average Bonchev–Trinajstić information content (AvgIpc) is 2.78. The van der Waals surface area contributed by atoms with E-state index in [-0.39, 0.29) is 10.5 Å². The first-order valence-electron chi connectivity index (χ1n) is 10.2. The molecule has 0 aliphatic carbocycles. The molecule has 1 aliphatic heterocycles. The molecule has 3 rings (SSSR count). The quantitative estimate of drug-likeness (QED) is 0.639. The fraction of sp³-hybridized carbons (Fsp3) is 0.318. The number of para-hydroxylation sites is 1. The van der Waals surface area contributed by atoms with Gasteiger partial charge in [0, 0.05) is 13.1 Å². The van der Waals surface area contributed by atoms with E-state index in [1.165, 1.54) is 35.5 Å². The number of urea groups is 1. The smallest absolute Gasteiger partial charge is 0.338 e. The van der Waals surface area contributed by atoms with Gasteiger partial charge in [-0.2, -0.15) is 0 Å². The van der Waals surface area contributed by atoms with Gasteiger partial charge in [-0.05, 0) is 62.6 Å². The highest BCUT2D eigenvalue weighted by atomic mass is 32.2. The Morgan fingerprint density at radius 1 is 1.09 bits per heavy atom. The van der Waals surface area contributed by atoms with Crippen molar-refractivity contribution in [3.05, 3.63) is 59.7 Å². The van der Waals surface area contributed by atoms with Crippen LogP contribution < -0.4 is 14.9 Å². The summed E-state index contributed by atoms with van der Waals surface area (Å²) >= 11 is 0. The Bertz CT molecular complexity index is 1110. The minimum absolute atomic E-state index is 0.0489. The SMILES string of the molecule is CCNC(=O)NC(=O)[C@H](C)OC(=O)c1ccc(S(=O)(=O)N2CCCc3ccccc32)cc1. The van der Waals surface area contributed by atoms with Crippen molar-refractivity contribution in [3.63, 3.8) is 0 Å². The molecule has 32 heavy (non-hydrogen) atoms. The zero-order valence-electron chi connectivity index (χ0n) is 17.8. The number of hydrogen-bond acceptors (Lipinski definition) is 6. The number of nitrogens with one attached hydrogen (secondary N) is 2. The maximum atomic E-state index is 13.2. The number of esters is 1. The van der Waals surface area contributed by atoms with Crippen molar-refractivity contribution >= 4 is 33.6 Å². The summed E-state index contributed by atoms with van der Waals surface area (Å²) in [5.74, 6) is -1.58. The van der Waals surface area contributed by atoms with Crippen LogP contribution >= 0.6 is 0 Å². The Balaban J connectivity index is 1.70. The number of fused-ring (bicyclic) bond motifs is 1. The Labute approximate surface area is 186 Å². The summed E-state index contributed by atoms with van der Waals surface area (Å²) in [5.41, 5.74) is 1.72. The summed E-state index contributed by atoms with van der Waals surface area (Å²) in [6.07, 6.45) is 0.328. The van der Waals surface area contributed by atoms with Gasteiger partial charge < -0.3 is 10.1 Å². The van der Waals surface area contributed by atoms with Crippen molar-refractivity contribution < 1.29 is 27.5 Å². The van der Waals surface area contributed by atoms with Crippen LogP contribution in [-0.2, 0) is 26.0 Å². The molecule has 0 saturated heterocycles. The molecule has 0 saturated carbocycles. The van der Waals surface area contributed by atoms with Crippen LogP contribution in [0.1, 0.15) is 36.2 Å². The predicted molar refractivity (Wildman–Crippen MR) is 118 cm³/mol. The number of nitrogens with zero attached hydrogens (tertiary/aromatic N) is 1. The topological polar surface area (TPSA) is 122 Å². The molecule has 1 atom stereocenters. The van der Waals surface area contributed by atoms with Crippen LogP contribution in [0.2, 0.25) is 0 Å². The summed E-state index contributed by atoms with van der Waals surface area (Å²) in [7, 11) is -3.80. The lowest BCUT2D eigenvalue weighted by Crippen LogP contribution is -2.44. The summed E-state index contributed by atoms with van der Waals surface area (Å²) in [4.78, 5) is 35.7. The normalized spacial score (nSPS) is 14.1. The Hall–Kier alpha value is -3.40. The van der Waals surface area contributed by atoms with E-state index in [0.29, 0.717) is 18.8 Å². The first-order valence-corrected chi connectivity index (χ1v) is 11.7. The van der Waals surface area contributed by atoms with Crippen molar-refractivity contribution in [1.29, 1.82) is 0 Å². The van der Waals surface area contributed by atoms with E-state index in [2.05, 4.69) is 10.6 Å². The van der Waals surface area contributed by atoms with Gasteiger partial charge in [0.2, 0.25) is 0 Å². The highest BCUT2D eigenvalue weighted by Gasteiger charge is 2.29. The lowest BCUT2D eigenvalue weighted by Gasteiger charge is -2.30. The van der Waals surface area contributed by atoms with Crippen LogP contribution in [0.4, 0.5) is 10.5 Å². The standard InChI is InChI=1S/C22H25N3O6S/c1-3-23-22(28)24-20(26)15(2)31-21(27)17-10-12-18(13-11-17)32(29,30)25-14-6-8-16-7-4-5-9-19(16)25/h4-5,7,9-13,15H,3,6,8,14H2,1-2H3,(H2,23,24,26,28)/t15-/m0/s1. The molecule has 2 aromatic carbocycles. The number of carbonyl (C=O) groups is 3. The minimum atomic E-state index is -3.80. The van der Waals surface area contributed by atoms with Crippen molar-refractivity contribution in [2.75, 3.05) is 17.4 Å². The molecule has 0 aromatic heterocycles. The van der Waals surface area contributed by atoms with Gasteiger partial charge in [0.15, 0.2) is 6.10 Å². The van der Waals surface area contributed by atoms with E-state index in [0.717, 1.165) is 18.4 Å². The van der Waals surface area contributed by atoms with Crippen LogP contribution in [0.15, 0.2) is 53.4 Å². The fourth-order valence-corrected chi connectivity index (χ4v) is 4.88. The van der Waals surface area contributed by atoms with Crippen LogP contribution in [-0.4, -0.2) is 45.5 Å². The third kappa shape index (κ3) is 5.08. The van der Waals surface area contributed by atoms with Gasteiger partial charge in [0.25, 0.3) is 15.9 Å². The van der Waals surface area contributed by atoms with Gasteiger partial charge >= 0.3 is 12.0 Å². The first-order chi connectivity index (χ1) is 15.2. The number of carbonyl (C=O) groups excluding carboxylic acids is 3. The fourth-order valence-electron chi connectivity index (χ4n) is 3.34. The van der Waals surface area contributed by atoms with Crippen molar-refractivity contribution in [2.45, 2.75) is 37.7 Å². The number of anilines is 1. The molecule has 0 radical (unpaired) electrons. The zero-order valence-corrected chi connectivity index (χ0v) is 18.6. The number of amides is 3. The number of benzene rings is 2. The van der Waals surface area contributed by atoms with Gasteiger partial charge in [0.05, 0.1) is 16.1 Å². The van der Waals surface area contributed by atoms with Crippen molar-refractivity contribution in [1.82, 2.24) is 10.6 Å². The Morgan fingerprint density at radius 2 is 1.78 bits per heavy atom. The van der Waals surface area contributed by atoms with E-state index in [1.54, 1.807) is 19.1 Å². The molecular formula is C22H25N3O6S. The number of sulfonamides is 1. The summed E-state index contributed by atoms with van der Waals surface area (Å²) in [6, 6.07) is 12.0. The van der Waals surface area contributed by atoms with E-state index in [9.17, 15) is 22.8 Å². The molecule has 0 spiro atoms. The highest BCUT2D eigenvalue weighted by molar-refractivity contribution is 7.92. The third-order valence-corrected chi connectivity index (χ3v) is 6.80. The first kappa shape index (κ1) is 23.3. The molecule has 9 nitrogen and oxygen atoms in total. The average molecular weight is 460 g/mol. The van der Waals surface area contributed by atoms with Gasteiger partial charge in [-0.3, -0.25) is 14.4 Å². The zero-order chi connectivity index (χ0) is 23.3. The predicted octanol–water partition coefficient (Wildman–Crippen LogP) is 2.22. The Morgan fingerprint density at radius 3 is 2.47 bits per heavy atom. The van der Waals surface area contributed by atoms with E-state index in [4.69, 9.17) is 4.74 Å². The maximum Gasteiger partial charge on any atom is 0.338 e. The van der Waals surface area contributed by atoms with E-state index >= 15 is 0 Å². The third-order valence-electron chi connectivity index (χ3n) is 4.97.